The molecule has 1 aromatic rings. The van der Waals surface area contributed by atoms with Crippen molar-refractivity contribution in [2.45, 2.75) is 11.8 Å². The number of hydrogen-bond donors (Lipinski definition) is 0. The lowest BCUT2D eigenvalue weighted by Gasteiger charge is -2.24. The molecule has 1 aliphatic heterocycles. The maximum Gasteiger partial charge on any atom is 0.149 e. The van der Waals surface area contributed by atoms with E-state index in [1.54, 1.807) is 11.9 Å². The van der Waals surface area contributed by atoms with E-state index in [-0.39, 0.29) is 5.69 Å². The minimum absolute atomic E-state index is 0.0826. The Kier molecular flexibility index (Phi) is 4.79. The molecule has 0 saturated carbocycles. The normalized spacial score (nSPS) is 19.9. The van der Waals surface area contributed by atoms with Crippen LogP contribution in [0.2, 0.25) is 0 Å². The molecule has 1 aliphatic rings. The molecule has 2 rings (SSSR count). The second kappa shape index (κ2) is 6.18. The molecule has 0 aliphatic carbocycles. The van der Waals surface area contributed by atoms with E-state index < -0.39 is 11.6 Å². The van der Waals surface area contributed by atoms with Crippen molar-refractivity contribution < 1.29 is 8.78 Å². The Morgan fingerprint density at radius 2 is 2.00 bits per heavy atom. The number of halogens is 3. The van der Waals surface area contributed by atoms with Gasteiger partial charge in [-0.15, -0.1) is 0 Å². The fourth-order valence-corrected chi connectivity index (χ4v) is 3.04. The third-order valence-electron chi connectivity index (χ3n) is 3.63. The number of hydrogen-bond acceptors (Lipinski definition) is 2. The molecule has 0 N–H and O–H groups in total. The molecule has 0 aromatic heterocycles. The zero-order chi connectivity index (χ0) is 14.0. The average molecular weight is 333 g/mol. The molecule has 1 aromatic carbocycles. The monoisotopic (exact) mass is 332 g/mol. The van der Waals surface area contributed by atoms with E-state index in [4.69, 9.17) is 0 Å². The summed E-state index contributed by atoms with van der Waals surface area (Å²) >= 11 is 3.21. The topological polar surface area (TPSA) is 6.48 Å². The molecule has 1 saturated heterocycles. The molecule has 0 spiro atoms. The van der Waals surface area contributed by atoms with Crippen LogP contribution in [-0.4, -0.2) is 38.6 Å². The summed E-state index contributed by atoms with van der Waals surface area (Å²) in [5.41, 5.74) is 0.701. The zero-order valence-electron chi connectivity index (χ0n) is 11.3. The molecular weight excluding hydrogens is 314 g/mol. The van der Waals surface area contributed by atoms with Gasteiger partial charge < -0.3 is 9.80 Å². The molecular formula is C14H19BrF2N2. The van der Waals surface area contributed by atoms with Gasteiger partial charge in [0, 0.05) is 25.5 Å². The molecule has 1 heterocycles. The molecule has 1 fully saturated rings. The van der Waals surface area contributed by atoms with Crippen molar-refractivity contribution in [3.63, 3.8) is 0 Å². The lowest BCUT2D eigenvalue weighted by atomic mass is 10.1. The third kappa shape index (κ3) is 3.45. The van der Waals surface area contributed by atoms with Gasteiger partial charge >= 0.3 is 0 Å². The highest BCUT2D eigenvalue weighted by Gasteiger charge is 2.23. The maximum absolute atomic E-state index is 14.0. The number of alkyl halides is 1. The van der Waals surface area contributed by atoms with E-state index in [1.165, 1.54) is 12.1 Å². The van der Waals surface area contributed by atoms with Crippen molar-refractivity contribution in [1.82, 2.24) is 4.90 Å². The highest BCUT2D eigenvalue weighted by Crippen LogP contribution is 2.27. The lowest BCUT2D eigenvalue weighted by Crippen LogP contribution is -2.28. The summed E-state index contributed by atoms with van der Waals surface area (Å²) in [6.07, 6.45) is 1.09. The van der Waals surface area contributed by atoms with Crippen molar-refractivity contribution in [3.8, 4) is 0 Å². The summed E-state index contributed by atoms with van der Waals surface area (Å²) in [6, 6.07) is 2.79. The van der Waals surface area contributed by atoms with Gasteiger partial charge in [-0.2, -0.15) is 0 Å². The van der Waals surface area contributed by atoms with Crippen LogP contribution < -0.4 is 4.90 Å². The van der Waals surface area contributed by atoms with Crippen LogP contribution in [0, 0.1) is 17.6 Å². The fraction of sp³-hybridized carbons (Fsp3) is 0.571. The van der Waals surface area contributed by atoms with Gasteiger partial charge in [0.1, 0.15) is 17.3 Å². The summed E-state index contributed by atoms with van der Waals surface area (Å²) in [6.45, 7) is 2.74. The Morgan fingerprint density at radius 3 is 2.47 bits per heavy atom. The zero-order valence-corrected chi connectivity index (χ0v) is 12.9. The van der Waals surface area contributed by atoms with Crippen LogP contribution >= 0.6 is 15.9 Å². The summed E-state index contributed by atoms with van der Waals surface area (Å²) in [5, 5.41) is 0.457. The molecule has 19 heavy (non-hydrogen) atoms. The van der Waals surface area contributed by atoms with Gasteiger partial charge in [-0.3, -0.25) is 0 Å². The lowest BCUT2D eigenvalue weighted by molar-refractivity contribution is 0.395. The molecule has 0 radical (unpaired) electrons. The largest absolute Gasteiger partial charge is 0.370 e. The van der Waals surface area contributed by atoms with Crippen LogP contribution in [0.15, 0.2) is 12.1 Å². The van der Waals surface area contributed by atoms with Gasteiger partial charge in [0.15, 0.2) is 0 Å². The first-order chi connectivity index (χ1) is 9.01. The van der Waals surface area contributed by atoms with Crippen LogP contribution in [0.25, 0.3) is 0 Å². The minimum atomic E-state index is -0.483. The highest BCUT2D eigenvalue weighted by molar-refractivity contribution is 9.08. The smallest absolute Gasteiger partial charge is 0.149 e. The first-order valence-corrected chi connectivity index (χ1v) is 7.57. The Labute approximate surface area is 121 Å². The predicted octanol–water partition coefficient (Wildman–Crippen LogP) is 3.25. The highest BCUT2D eigenvalue weighted by atomic mass is 79.9. The fourth-order valence-electron chi connectivity index (χ4n) is 2.71. The summed E-state index contributed by atoms with van der Waals surface area (Å²) in [4.78, 5) is 3.95. The van der Waals surface area contributed by atoms with Gasteiger partial charge in [0.25, 0.3) is 0 Å². The quantitative estimate of drug-likeness (QED) is 0.781. The van der Waals surface area contributed by atoms with Crippen LogP contribution in [0.1, 0.15) is 12.0 Å². The Hall–Kier alpha value is -0.680. The molecule has 1 atom stereocenters. The van der Waals surface area contributed by atoms with Crippen LogP contribution in [0.5, 0.6) is 0 Å². The Morgan fingerprint density at radius 1 is 1.37 bits per heavy atom. The molecule has 2 nitrogen and oxygen atoms in total. The molecule has 0 amide bonds. The van der Waals surface area contributed by atoms with Gasteiger partial charge in [-0.05, 0) is 43.6 Å². The molecule has 5 heteroatoms. The van der Waals surface area contributed by atoms with Gasteiger partial charge in [-0.25, -0.2) is 8.78 Å². The van der Waals surface area contributed by atoms with E-state index in [2.05, 4.69) is 27.9 Å². The van der Waals surface area contributed by atoms with Gasteiger partial charge in [0.2, 0.25) is 0 Å². The SMILES string of the molecule is CN1CCC(CN(C)c2c(F)cc(CBr)cc2F)C1. The Balaban J connectivity index is 2.12. The van der Waals surface area contributed by atoms with Crippen molar-refractivity contribution in [3.05, 3.63) is 29.3 Å². The Bertz CT molecular complexity index is 430. The molecule has 0 bridgehead atoms. The summed E-state index contributed by atoms with van der Waals surface area (Å²) < 4.78 is 28.0. The first kappa shape index (κ1) is 14.7. The average Bonchev–Trinajstić information content (AvgIpc) is 2.73. The number of nitrogens with zero attached hydrogens (tertiary/aromatic N) is 2. The molecule has 106 valence electrons. The van der Waals surface area contributed by atoms with Gasteiger partial charge in [-0.1, -0.05) is 15.9 Å². The van der Waals surface area contributed by atoms with Crippen LogP contribution in [-0.2, 0) is 5.33 Å². The number of benzene rings is 1. The maximum atomic E-state index is 14.0. The summed E-state index contributed by atoms with van der Waals surface area (Å²) in [7, 11) is 3.83. The summed E-state index contributed by atoms with van der Waals surface area (Å²) in [5.74, 6) is -0.490. The minimum Gasteiger partial charge on any atom is -0.370 e. The van der Waals surface area contributed by atoms with E-state index in [0.29, 0.717) is 23.4 Å². The third-order valence-corrected chi connectivity index (χ3v) is 4.28. The number of rotatable bonds is 4. The van der Waals surface area contributed by atoms with E-state index in [0.717, 1.165) is 19.5 Å². The van der Waals surface area contributed by atoms with Crippen LogP contribution in [0.4, 0.5) is 14.5 Å². The predicted molar refractivity (Wildman–Crippen MR) is 77.9 cm³/mol. The van der Waals surface area contributed by atoms with Crippen molar-refractivity contribution in [2.75, 3.05) is 38.6 Å². The second-order valence-electron chi connectivity index (χ2n) is 5.34. The van der Waals surface area contributed by atoms with Crippen molar-refractivity contribution >= 4 is 21.6 Å². The van der Waals surface area contributed by atoms with Crippen molar-refractivity contribution in [1.29, 1.82) is 0 Å². The first-order valence-electron chi connectivity index (χ1n) is 6.44. The standard InChI is InChI=1S/C14H19BrF2N2/c1-18-4-3-10(8-18)9-19(2)14-12(16)5-11(7-15)6-13(14)17/h5-6,10H,3-4,7-9H2,1-2H3. The molecule has 1 unspecified atom stereocenters. The number of likely N-dealkylation sites (tertiary alicyclic amines) is 1. The van der Waals surface area contributed by atoms with E-state index in [9.17, 15) is 8.78 Å². The second-order valence-corrected chi connectivity index (χ2v) is 5.90. The van der Waals surface area contributed by atoms with E-state index in [1.807, 2.05) is 0 Å². The van der Waals surface area contributed by atoms with E-state index >= 15 is 0 Å². The number of anilines is 1. The van der Waals surface area contributed by atoms with Crippen LogP contribution in [0.3, 0.4) is 0 Å². The van der Waals surface area contributed by atoms with Crippen molar-refractivity contribution in [2.24, 2.45) is 5.92 Å². The van der Waals surface area contributed by atoms with Gasteiger partial charge in [0.05, 0.1) is 0 Å².